The zero-order valence-corrected chi connectivity index (χ0v) is 12.0. The van der Waals surface area contributed by atoms with Gasteiger partial charge in [-0.3, -0.25) is 4.79 Å². The average Bonchev–Trinajstić information content (AvgIpc) is 2.46. The smallest absolute Gasteiger partial charge is 0.230 e. The van der Waals surface area contributed by atoms with Gasteiger partial charge in [-0.25, -0.2) is 4.39 Å². The van der Waals surface area contributed by atoms with E-state index in [1.54, 1.807) is 18.2 Å². The Morgan fingerprint density at radius 2 is 1.85 bits per heavy atom. The van der Waals surface area contributed by atoms with Gasteiger partial charge in [0.15, 0.2) is 0 Å². The van der Waals surface area contributed by atoms with Gasteiger partial charge in [0, 0.05) is 11.4 Å². The first-order chi connectivity index (χ1) is 9.65. The fraction of sp³-hybridized carbons (Fsp3) is 0.188. The van der Waals surface area contributed by atoms with Crippen LogP contribution in [0, 0.1) is 12.7 Å². The highest BCUT2D eigenvalue weighted by atomic mass is 32.2. The summed E-state index contributed by atoms with van der Waals surface area (Å²) >= 11 is 1.21. The van der Waals surface area contributed by atoms with Crippen molar-refractivity contribution in [3.8, 4) is 0 Å². The largest absolute Gasteiger partial charge is 0.351 e. The highest BCUT2D eigenvalue weighted by Crippen LogP contribution is 2.20. The number of hydrogen-bond donors (Lipinski definition) is 1. The maximum Gasteiger partial charge on any atom is 0.230 e. The number of halogens is 1. The molecule has 0 unspecified atom stereocenters. The lowest BCUT2D eigenvalue weighted by Gasteiger charge is -2.06. The number of hydrogen-bond acceptors (Lipinski definition) is 2. The van der Waals surface area contributed by atoms with E-state index in [1.807, 2.05) is 31.2 Å². The normalized spacial score (nSPS) is 10.3. The molecular formula is C16H16FNOS. The Kier molecular flexibility index (Phi) is 5.18. The van der Waals surface area contributed by atoms with Crippen LogP contribution in [0.15, 0.2) is 53.4 Å². The number of carbonyl (C=O) groups excluding carboxylic acids is 1. The van der Waals surface area contributed by atoms with Gasteiger partial charge in [0.2, 0.25) is 5.91 Å². The SMILES string of the molecule is Cc1ccc(CNC(=O)CSc2ccccc2F)cc1. The summed E-state index contributed by atoms with van der Waals surface area (Å²) in [6.07, 6.45) is 0. The van der Waals surface area contributed by atoms with Crippen LogP contribution in [-0.2, 0) is 11.3 Å². The summed E-state index contributed by atoms with van der Waals surface area (Å²) in [5.74, 6) is -0.171. The van der Waals surface area contributed by atoms with Crippen molar-refractivity contribution in [2.45, 2.75) is 18.4 Å². The topological polar surface area (TPSA) is 29.1 Å². The number of nitrogens with one attached hydrogen (secondary N) is 1. The van der Waals surface area contributed by atoms with E-state index in [0.29, 0.717) is 11.4 Å². The number of aryl methyl sites for hydroxylation is 1. The van der Waals surface area contributed by atoms with Gasteiger partial charge in [-0.05, 0) is 24.6 Å². The van der Waals surface area contributed by atoms with Crippen LogP contribution in [0.4, 0.5) is 4.39 Å². The molecule has 2 nitrogen and oxygen atoms in total. The molecule has 104 valence electrons. The summed E-state index contributed by atoms with van der Waals surface area (Å²) in [6, 6.07) is 14.5. The molecule has 0 saturated carbocycles. The van der Waals surface area contributed by atoms with Crippen LogP contribution in [0.5, 0.6) is 0 Å². The van der Waals surface area contributed by atoms with E-state index in [1.165, 1.54) is 23.4 Å². The molecule has 0 aliphatic heterocycles. The second kappa shape index (κ2) is 7.10. The molecule has 0 heterocycles. The van der Waals surface area contributed by atoms with Crippen molar-refractivity contribution in [1.82, 2.24) is 5.32 Å². The third-order valence-corrected chi connectivity index (χ3v) is 3.85. The van der Waals surface area contributed by atoms with Crippen LogP contribution < -0.4 is 5.32 Å². The summed E-state index contributed by atoms with van der Waals surface area (Å²) in [6.45, 7) is 2.52. The molecule has 2 aromatic rings. The van der Waals surface area contributed by atoms with E-state index < -0.39 is 0 Å². The fourth-order valence-electron chi connectivity index (χ4n) is 1.66. The summed E-state index contributed by atoms with van der Waals surface area (Å²) in [5, 5.41) is 2.83. The molecular weight excluding hydrogens is 273 g/mol. The lowest BCUT2D eigenvalue weighted by atomic mass is 10.1. The quantitative estimate of drug-likeness (QED) is 0.853. The maximum atomic E-state index is 13.4. The molecule has 0 atom stereocenters. The zero-order valence-electron chi connectivity index (χ0n) is 11.2. The predicted octanol–water partition coefficient (Wildman–Crippen LogP) is 3.54. The van der Waals surface area contributed by atoms with E-state index in [-0.39, 0.29) is 17.5 Å². The molecule has 0 radical (unpaired) electrons. The van der Waals surface area contributed by atoms with E-state index >= 15 is 0 Å². The van der Waals surface area contributed by atoms with E-state index in [2.05, 4.69) is 5.32 Å². The van der Waals surface area contributed by atoms with Crippen molar-refractivity contribution in [2.75, 3.05) is 5.75 Å². The van der Waals surface area contributed by atoms with Crippen LogP contribution in [-0.4, -0.2) is 11.7 Å². The van der Waals surface area contributed by atoms with Crippen LogP contribution >= 0.6 is 11.8 Å². The monoisotopic (exact) mass is 289 g/mol. The second-order valence-corrected chi connectivity index (χ2v) is 5.50. The van der Waals surface area contributed by atoms with Gasteiger partial charge in [-0.15, -0.1) is 11.8 Å². The minimum atomic E-state index is -0.288. The minimum Gasteiger partial charge on any atom is -0.351 e. The molecule has 0 bridgehead atoms. The summed E-state index contributed by atoms with van der Waals surface area (Å²) in [7, 11) is 0. The molecule has 2 aromatic carbocycles. The van der Waals surface area contributed by atoms with E-state index in [0.717, 1.165) is 5.56 Å². The fourth-order valence-corrected chi connectivity index (χ4v) is 2.43. The van der Waals surface area contributed by atoms with Gasteiger partial charge in [-0.1, -0.05) is 42.0 Å². The van der Waals surface area contributed by atoms with Gasteiger partial charge in [-0.2, -0.15) is 0 Å². The Labute approximate surface area is 122 Å². The minimum absolute atomic E-state index is 0.0983. The standard InChI is InChI=1S/C16H16FNOS/c1-12-6-8-13(9-7-12)10-18-16(19)11-20-15-5-3-2-4-14(15)17/h2-9H,10-11H2,1H3,(H,18,19). The van der Waals surface area contributed by atoms with Crippen LogP contribution in [0.25, 0.3) is 0 Å². The Morgan fingerprint density at radius 1 is 1.15 bits per heavy atom. The Balaban J connectivity index is 1.78. The average molecular weight is 289 g/mol. The van der Waals surface area contributed by atoms with Crippen molar-refractivity contribution in [3.05, 3.63) is 65.5 Å². The van der Waals surface area contributed by atoms with Crippen LogP contribution in [0.1, 0.15) is 11.1 Å². The number of benzene rings is 2. The molecule has 0 aliphatic carbocycles. The zero-order chi connectivity index (χ0) is 14.4. The highest BCUT2D eigenvalue weighted by Gasteiger charge is 2.06. The third-order valence-electron chi connectivity index (χ3n) is 2.81. The second-order valence-electron chi connectivity index (χ2n) is 4.48. The van der Waals surface area contributed by atoms with Crippen molar-refractivity contribution in [2.24, 2.45) is 0 Å². The summed E-state index contributed by atoms with van der Waals surface area (Å²) in [5.41, 5.74) is 2.25. The molecule has 4 heteroatoms. The van der Waals surface area contributed by atoms with Crippen molar-refractivity contribution in [3.63, 3.8) is 0 Å². The van der Waals surface area contributed by atoms with E-state index in [4.69, 9.17) is 0 Å². The Hall–Kier alpha value is -1.81. The number of rotatable bonds is 5. The molecule has 0 aliphatic rings. The lowest BCUT2D eigenvalue weighted by Crippen LogP contribution is -2.24. The molecule has 2 rings (SSSR count). The lowest BCUT2D eigenvalue weighted by molar-refractivity contribution is -0.118. The highest BCUT2D eigenvalue weighted by molar-refractivity contribution is 8.00. The molecule has 0 saturated heterocycles. The summed E-state index contributed by atoms with van der Waals surface area (Å²) in [4.78, 5) is 12.2. The molecule has 1 amide bonds. The van der Waals surface area contributed by atoms with Gasteiger partial charge in [0.25, 0.3) is 0 Å². The number of thioether (sulfide) groups is 1. The molecule has 20 heavy (non-hydrogen) atoms. The van der Waals surface area contributed by atoms with Gasteiger partial charge in [0.1, 0.15) is 5.82 Å². The third kappa shape index (κ3) is 4.38. The van der Waals surface area contributed by atoms with Crippen molar-refractivity contribution in [1.29, 1.82) is 0 Å². The molecule has 0 aromatic heterocycles. The van der Waals surface area contributed by atoms with Crippen molar-refractivity contribution >= 4 is 17.7 Å². The van der Waals surface area contributed by atoms with Crippen LogP contribution in [0.2, 0.25) is 0 Å². The first-order valence-corrected chi connectivity index (χ1v) is 7.33. The van der Waals surface area contributed by atoms with E-state index in [9.17, 15) is 9.18 Å². The Morgan fingerprint density at radius 3 is 2.55 bits per heavy atom. The van der Waals surface area contributed by atoms with Gasteiger partial charge in [0.05, 0.1) is 5.75 Å². The predicted molar refractivity (Wildman–Crippen MR) is 80.1 cm³/mol. The van der Waals surface area contributed by atoms with Gasteiger partial charge < -0.3 is 5.32 Å². The number of carbonyl (C=O) groups is 1. The van der Waals surface area contributed by atoms with Gasteiger partial charge >= 0.3 is 0 Å². The molecule has 1 N–H and O–H groups in total. The maximum absolute atomic E-state index is 13.4. The molecule has 0 spiro atoms. The first-order valence-electron chi connectivity index (χ1n) is 6.35. The van der Waals surface area contributed by atoms with Crippen LogP contribution in [0.3, 0.4) is 0 Å². The Bertz CT molecular complexity index is 583. The van der Waals surface area contributed by atoms with Crippen molar-refractivity contribution < 1.29 is 9.18 Å². The molecule has 0 fully saturated rings. The summed E-state index contributed by atoms with van der Waals surface area (Å²) < 4.78 is 13.4. The number of amides is 1. The first kappa shape index (κ1) is 14.6.